The van der Waals surface area contributed by atoms with Crippen LogP contribution < -0.4 is 4.90 Å². The third kappa shape index (κ3) is 3.10. The van der Waals surface area contributed by atoms with Crippen LogP contribution in [0, 0.1) is 0 Å². The van der Waals surface area contributed by atoms with Gasteiger partial charge < -0.3 is 19.4 Å². The Bertz CT molecular complexity index is 1120. The summed E-state index contributed by atoms with van der Waals surface area (Å²) in [5, 5.41) is 16.2. The molecule has 3 aromatic rings. The van der Waals surface area contributed by atoms with E-state index in [0.29, 0.717) is 23.6 Å². The average Bonchev–Trinajstić information content (AvgIpc) is 3.15. The maximum absolute atomic E-state index is 10.9. The van der Waals surface area contributed by atoms with Crippen molar-refractivity contribution in [3.05, 3.63) is 58.1 Å². The van der Waals surface area contributed by atoms with Crippen molar-refractivity contribution in [2.24, 2.45) is 17.2 Å². The Morgan fingerprint density at radius 1 is 1.18 bits per heavy atom. The minimum Gasteiger partial charge on any atom is -0.494 e. The summed E-state index contributed by atoms with van der Waals surface area (Å²) in [5.74, 6) is 0.152. The first-order chi connectivity index (χ1) is 13.5. The molecule has 28 heavy (non-hydrogen) atoms. The second kappa shape index (κ2) is 7.41. The molecule has 0 radical (unpaired) electrons. The largest absolute Gasteiger partial charge is 0.494 e. The molecule has 4 rings (SSSR count). The van der Waals surface area contributed by atoms with Crippen molar-refractivity contribution in [3.63, 3.8) is 0 Å². The Morgan fingerprint density at radius 3 is 2.75 bits per heavy atom. The normalized spacial score (nSPS) is 14.8. The molecule has 1 aromatic heterocycles. The van der Waals surface area contributed by atoms with Crippen molar-refractivity contribution >= 4 is 43.9 Å². The highest BCUT2D eigenvalue weighted by molar-refractivity contribution is 9.10. The van der Waals surface area contributed by atoms with E-state index in [9.17, 15) is 5.11 Å². The van der Waals surface area contributed by atoms with Gasteiger partial charge >= 0.3 is 0 Å². The molecular formula is C21H22BrN4O2+. The van der Waals surface area contributed by atoms with Gasteiger partial charge in [-0.1, -0.05) is 35.5 Å². The van der Waals surface area contributed by atoms with Gasteiger partial charge in [-0.25, -0.2) is 4.99 Å². The number of oxime groups is 1. The highest BCUT2D eigenvalue weighted by Gasteiger charge is 2.30. The van der Waals surface area contributed by atoms with E-state index in [1.54, 1.807) is 4.57 Å². The first-order valence-corrected chi connectivity index (χ1v) is 9.92. The lowest BCUT2D eigenvalue weighted by molar-refractivity contribution is -0.858. The standard InChI is InChI=1S/C21H21BrN4O2/c1-25(2)11-12-28-24-18-13-7-4-5-10-16(13)23-19(18)17-14-8-6-9-15(22)20(14)26(3)21(17)27/h4-10,27H,11-12H2,1-3H3/p+1/b24-18+. The quantitative estimate of drug-likeness (QED) is 0.472. The average molecular weight is 442 g/mol. The van der Waals surface area contributed by atoms with E-state index in [1.807, 2.05) is 49.5 Å². The lowest BCUT2D eigenvalue weighted by Gasteiger charge is -2.07. The maximum Gasteiger partial charge on any atom is 0.201 e. The molecule has 144 valence electrons. The fourth-order valence-electron chi connectivity index (χ4n) is 3.38. The summed E-state index contributed by atoms with van der Waals surface area (Å²) in [7, 11) is 5.97. The molecule has 0 saturated heterocycles. The highest BCUT2D eigenvalue weighted by Crippen LogP contribution is 2.39. The van der Waals surface area contributed by atoms with Crippen molar-refractivity contribution in [2.75, 3.05) is 27.2 Å². The van der Waals surface area contributed by atoms with E-state index in [2.05, 4.69) is 35.2 Å². The lowest BCUT2D eigenvalue weighted by Crippen LogP contribution is -3.06. The number of para-hydroxylation sites is 2. The van der Waals surface area contributed by atoms with Crippen LogP contribution in [0.4, 0.5) is 5.69 Å². The molecule has 0 aliphatic carbocycles. The minimum absolute atomic E-state index is 0.152. The predicted octanol–water partition coefficient (Wildman–Crippen LogP) is 2.65. The third-order valence-corrected chi connectivity index (χ3v) is 5.47. The fraction of sp³-hybridized carbons (Fsp3) is 0.238. The molecule has 2 heterocycles. The first kappa shape index (κ1) is 18.7. The molecule has 0 unspecified atom stereocenters. The number of nitrogens with one attached hydrogen (secondary N) is 1. The number of aliphatic imine (C=N–C) groups is 1. The molecule has 2 N–H and O–H groups in total. The van der Waals surface area contributed by atoms with Gasteiger partial charge in [-0.3, -0.25) is 0 Å². The molecule has 1 aliphatic rings. The number of halogens is 1. The second-order valence-electron chi connectivity index (χ2n) is 7.10. The van der Waals surface area contributed by atoms with Gasteiger partial charge in [0, 0.05) is 22.5 Å². The highest BCUT2D eigenvalue weighted by atomic mass is 79.9. The molecular weight excluding hydrogens is 420 g/mol. The first-order valence-electron chi connectivity index (χ1n) is 9.12. The fourth-order valence-corrected chi connectivity index (χ4v) is 4.02. The molecule has 0 atom stereocenters. The number of aryl methyl sites for hydroxylation is 1. The van der Waals surface area contributed by atoms with Crippen LogP contribution in [0.2, 0.25) is 0 Å². The Kier molecular flexibility index (Phi) is 4.95. The molecule has 0 fully saturated rings. The molecule has 7 heteroatoms. The second-order valence-corrected chi connectivity index (χ2v) is 7.96. The van der Waals surface area contributed by atoms with E-state index >= 15 is 0 Å². The van der Waals surface area contributed by atoms with Crippen molar-refractivity contribution < 1.29 is 14.8 Å². The number of benzene rings is 2. The van der Waals surface area contributed by atoms with Crippen LogP contribution in [0.15, 0.2) is 57.1 Å². The van der Waals surface area contributed by atoms with Crippen LogP contribution in [0.1, 0.15) is 11.1 Å². The van der Waals surface area contributed by atoms with Gasteiger partial charge in [-0.2, -0.15) is 0 Å². The zero-order valence-electron chi connectivity index (χ0n) is 16.0. The van der Waals surface area contributed by atoms with E-state index < -0.39 is 0 Å². The molecule has 2 aromatic carbocycles. The SMILES string of the molecule is Cn1c(O)c(C2=Nc3ccccc3/C2=N\OCC[NH+](C)C)c2cccc(Br)c21. The van der Waals surface area contributed by atoms with Gasteiger partial charge in [0.25, 0.3) is 0 Å². The van der Waals surface area contributed by atoms with Crippen molar-refractivity contribution in [2.45, 2.75) is 0 Å². The van der Waals surface area contributed by atoms with Crippen molar-refractivity contribution in [3.8, 4) is 5.88 Å². The van der Waals surface area contributed by atoms with Gasteiger partial charge in [0.05, 0.1) is 30.9 Å². The Morgan fingerprint density at radius 2 is 1.96 bits per heavy atom. The number of fused-ring (bicyclic) bond motifs is 2. The number of quaternary nitrogens is 1. The molecule has 0 saturated carbocycles. The number of nitrogens with zero attached hydrogens (tertiary/aromatic N) is 3. The molecule has 1 aliphatic heterocycles. The summed E-state index contributed by atoms with van der Waals surface area (Å²) < 4.78 is 2.67. The van der Waals surface area contributed by atoms with Crippen LogP contribution in [0.25, 0.3) is 10.9 Å². The summed E-state index contributed by atoms with van der Waals surface area (Å²) in [6, 6.07) is 13.7. The molecule has 0 spiro atoms. The van der Waals surface area contributed by atoms with Gasteiger partial charge in [0.15, 0.2) is 6.61 Å². The summed E-state index contributed by atoms with van der Waals surface area (Å²) >= 11 is 3.58. The third-order valence-electron chi connectivity index (χ3n) is 4.83. The topological polar surface area (TPSA) is 63.5 Å². The number of rotatable bonds is 5. The monoisotopic (exact) mass is 441 g/mol. The van der Waals surface area contributed by atoms with Crippen LogP contribution in [-0.2, 0) is 11.9 Å². The predicted molar refractivity (Wildman–Crippen MR) is 115 cm³/mol. The number of hydrogen-bond acceptors (Lipinski definition) is 4. The molecule has 6 nitrogen and oxygen atoms in total. The smallest absolute Gasteiger partial charge is 0.201 e. The maximum atomic E-state index is 10.9. The lowest BCUT2D eigenvalue weighted by atomic mass is 10.0. The number of aromatic nitrogens is 1. The number of likely N-dealkylation sites (N-methyl/N-ethyl adjacent to an activating group) is 1. The van der Waals surface area contributed by atoms with Gasteiger partial charge in [0.2, 0.25) is 5.88 Å². The van der Waals surface area contributed by atoms with Gasteiger partial charge in [-0.15, -0.1) is 0 Å². The van der Waals surface area contributed by atoms with Gasteiger partial charge in [0.1, 0.15) is 18.0 Å². The van der Waals surface area contributed by atoms with E-state index in [-0.39, 0.29) is 5.88 Å². The number of aromatic hydroxyl groups is 1. The van der Waals surface area contributed by atoms with E-state index in [0.717, 1.165) is 33.2 Å². The van der Waals surface area contributed by atoms with E-state index in [4.69, 9.17) is 9.83 Å². The molecule has 0 amide bonds. The van der Waals surface area contributed by atoms with Crippen LogP contribution in [-0.4, -0.2) is 48.3 Å². The van der Waals surface area contributed by atoms with Crippen molar-refractivity contribution in [1.82, 2.24) is 4.57 Å². The van der Waals surface area contributed by atoms with Crippen molar-refractivity contribution in [1.29, 1.82) is 0 Å². The summed E-state index contributed by atoms with van der Waals surface area (Å²) in [5.41, 5.74) is 4.57. The van der Waals surface area contributed by atoms with Gasteiger partial charge in [-0.05, 0) is 28.1 Å². The summed E-state index contributed by atoms with van der Waals surface area (Å²) in [6.45, 7) is 1.35. The minimum atomic E-state index is 0.152. The van der Waals surface area contributed by atoms with Crippen LogP contribution >= 0.6 is 15.9 Å². The molecule has 0 bridgehead atoms. The zero-order valence-corrected chi connectivity index (χ0v) is 17.6. The van der Waals surface area contributed by atoms with E-state index in [1.165, 1.54) is 4.90 Å². The van der Waals surface area contributed by atoms with Crippen LogP contribution in [0.5, 0.6) is 5.88 Å². The zero-order chi connectivity index (χ0) is 19.8. The Labute approximate surface area is 171 Å². The Hall–Kier alpha value is -2.64. The van der Waals surface area contributed by atoms with Crippen LogP contribution in [0.3, 0.4) is 0 Å². The summed E-state index contributed by atoms with van der Waals surface area (Å²) in [6.07, 6.45) is 0. The summed E-state index contributed by atoms with van der Waals surface area (Å²) in [4.78, 5) is 11.7. The number of hydrogen-bond donors (Lipinski definition) is 2. The Balaban J connectivity index is 1.85.